The molecule has 1 aliphatic heterocycles. The molecule has 1 unspecified atom stereocenters. The number of hydrogen-bond donors (Lipinski definition) is 1. The first-order valence-corrected chi connectivity index (χ1v) is 7.25. The number of nitrogens with zero attached hydrogens (tertiary/aromatic N) is 1. The quantitative estimate of drug-likeness (QED) is 0.881. The maximum Gasteiger partial charge on any atom is 0.118 e. The summed E-state index contributed by atoms with van der Waals surface area (Å²) in [7, 11) is 3.91. The number of methoxy groups -OCH3 is 1. The van der Waals surface area contributed by atoms with Crippen molar-refractivity contribution in [3.8, 4) is 5.75 Å². The highest BCUT2D eigenvalue weighted by molar-refractivity contribution is 5.27. The Labute approximate surface area is 116 Å². The molecular weight excluding hydrogens is 236 g/mol. The zero-order chi connectivity index (χ0) is 13.7. The van der Waals surface area contributed by atoms with E-state index in [0.717, 1.165) is 12.2 Å². The van der Waals surface area contributed by atoms with Crippen LogP contribution in [0, 0.1) is 0 Å². The van der Waals surface area contributed by atoms with Crippen LogP contribution < -0.4 is 10.1 Å². The van der Waals surface area contributed by atoms with E-state index in [4.69, 9.17) is 4.74 Å². The monoisotopic (exact) mass is 262 g/mol. The Hall–Kier alpha value is -1.06. The summed E-state index contributed by atoms with van der Waals surface area (Å²) < 4.78 is 5.19. The van der Waals surface area contributed by atoms with Crippen LogP contribution in [0.25, 0.3) is 0 Å². The fourth-order valence-corrected chi connectivity index (χ4v) is 2.75. The lowest BCUT2D eigenvalue weighted by molar-refractivity contribution is 0.226. The average Bonchev–Trinajstić information content (AvgIpc) is 2.42. The average molecular weight is 262 g/mol. The van der Waals surface area contributed by atoms with Gasteiger partial charge in [-0.15, -0.1) is 0 Å². The van der Waals surface area contributed by atoms with E-state index >= 15 is 0 Å². The van der Waals surface area contributed by atoms with Crippen LogP contribution in [-0.4, -0.2) is 44.2 Å². The highest BCUT2D eigenvalue weighted by Crippen LogP contribution is 2.14. The Morgan fingerprint density at radius 1 is 1.26 bits per heavy atom. The molecule has 0 bridgehead atoms. The minimum atomic E-state index is 0.529. The molecule has 3 heteroatoms. The maximum atomic E-state index is 5.19. The topological polar surface area (TPSA) is 24.5 Å². The molecule has 1 aromatic carbocycles. The van der Waals surface area contributed by atoms with E-state index in [-0.39, 0.29) is 0 Å². The summed E-state index contributed by atoms with van der Waals surface area (Å²) >= 11 is 0. The molecule has 1 N–H and O–H groups in total. The zero-order valence-electron chi connectivity index (χ0n) is 12.4. The summed E-state index contributed by atoms with van der Waals surface area (Å²) in [6.07, 6.45) is 3.61. The standard InChI is InChI=1S/C16H26N2O/c1-13(17-15-8-10-18(2)11-9-15)12-14-4-6-16(19-3)7-5-14/h4-7,13,15,17H,8-12H2,1-3H3. The van der Waals surface area contributed by atoms with Gasteiger partial charge in [0.2, 0.25) is 0 Å². The summed E-state index contributed by atoms with van der Waals surface area (Å²) in [5.74, 6) is 0.930. The van der Waals surface area contributed by atoms with E-state index in [1.807, 2.05) is 12.1 Å². The van der Waals surface area contributed by atoms with Gasteiger partial charge in [0.15, 0.2) is 0 Å². The van der Waals surface area contributed by atoms with Gasteiger partial charge in [0.25, 0.3) is 0 Å². The zero-order valence-corrected chi connectivity index (χ0v) is 12.4. The van der Waals surface area contributed by atoms with Crippen LogP contribution in [0.4, 0.5) is 0 Å². The Bertz CT molecular complexity index is 369. The molecule has 106 valence electrons. The van der Waals surface area contributed by atoms with E-state index in [9.17, 15) is 0 Å². The van der Waals surface area contributed by atoms with Crippen molar-refractivity contribution in [3.05, 3.63) is 29.8 Å². The smallest absolute Gasteiger partial charge is 0.118 e. The number of likely N-dealkylation sites (tertiary alicyclic amines) is 1. The van der Waals surface area contributed by atoms with Crippen molar-refractivity contribution < 1.29 is 4.74 Å². The first-order chi connectivity index (χ1) is 9.17. The SMILES string of the molecule is COc1ccc(CC(C)NC2CCN(C)CC2)cc1. The summed E-state index contributed by atoms with van der Waals surface area (Å²) in [6.45, 7) is 4.71. The van der Waals surface area contributed by atoms with Crippen LogP contribution in [0.15, 0.2) is 24.3 Å². The van der Waals surface area contributed by atoms with Crippen LogP contribution in [0.1, 0.15) is 25.3 Å². The lowest BCUT2D eigenvalue weighted by atomic mass is 10.0. The van der Waals surface area contributed by atoms with Crippen molar-refractivity contribution in [1.82, 2.24) is 10.2 Å². The van der Waals surface area contributed by atoms with Crippen LogP contribution in [0.2, 0.25) is 0 Å². The van der Waals surface area contributed by atoms with E-state index in [0.29, 0.717) is 12.1 Å². The molecule has 3 nitrogen and oxygen atoms in total. The lowest BCUT2D eigenvalue weighted by Gasteiger charge is -2.31. The lowest BCUT2D eigenvalue weighted by Crippen LogP contribution is -2.44. The molecular formula is C16H26N2O. The van der Waals surface area contributed by atoms with Crippen molar-refractivity contribution in [1.29, 1.82) is 0 Å². The van der Waals surface area contributed by atoms with Crippen molar-refractivity contribution >= 4 is 0 Å². The molecule has 2 rings (SSSR count). The van der Waals surface area contributed by atoms with Gasteiger partial charge in [0, 0.05) is 12.1 Å². The maximum absolute atomic E-state index is 5.19. The van der Waals surface area contributed by atoms with Crippen molar-refractivity contribution in [2.24, 2.45) is 0 Å². The van der Waals surface area contributed by atoms with Crippen LogP contribution >= 0.6 is 0 Å². The Kier molecular flexibility index (Phi) is 5.23. The van der Waals surface area contributed by atoms with Gasteiger partial charge in [-0.2, -0.15) is 0 Å². The van der Waals surface area contributed by atoms with Crippen molar-refractivity contribution in [2.75, 3.05) is 27.2 Å². The second-order valence-electron chi connectivity index (χ2n) is 5.70. The van der Waals surface area contributed by atoms with E-state index in [2.05, 4.69) is 36.3 Å². The third-order valence-electron chi connectivity index (χ3n) is 3.94. The highest BCUT2D eigenvalue weighted by Gasteiger charge is 2.18. The molecule has 1 fully saturated rings. The minimum absolute atomic E-state index is 0.529. The van der Waals surface area contributed by atoms with Crippen LogP contribution in [0.3, 0.4) is 0 Å². The third kappa shape index (κ3) is 4.51. The molecule has 1 aromatic rings. The molecule has 0 amide bonds. The number of piperidine rings is 1. The van der Waals surface area contributed by atoms with Crippen molar-refractivity contribution in [2.45, 2.75) is 38.3 Å². The number of rotatable bonds is 5. The van der Waals surface area contributed by atoms with E-state index in [1.165, 1.54) is 31.5 Å². The summed E-state index contributed by atoms with van der Waals surface area (Å²) in [5, 5.41) is 3.76. The first kappa shape index (κ1) is 14.4. The molecule has 1 heterocycles. The van der Waals surface area contributed by atoms with Gasteiger partial charge in [-0.1, -0.05) is 12.1 Å². The molecule has 0 spiro atoms. The molecule has 1 atom stereocenters. The first-order valence-electron chi connectivity index (χ1n) is 7.25. The summed E-state index contributed by atoms with van der Waals surface area (Å²) in [6, 6.07) is 9.61. The van der Waals surface area contributed by atoms with E-state index in [1.54, 1.807) is 7.11 Å². The highest BCUT2D eigenvalue weighted by atomic mass is 16.5. The van der Waals surface area contributed by atoms with Gasteiger partial charge in [-0.25, -0.2) is 0 Å². The largest absolute Gasteiger partial charge is 0.497 e. The molecule has 1 aliphatic rings. The fraction of sp³-hybridized carbons (Fsp3) is 0.625. The van der Waals surface area contributed by atoms with Gasteiger partial charge in [0.1, 0.15) is 5.75 Å². The predicted octanol–water partition coefficient (Wildman–Crippen LogP) is 2.31. The Balaban J connectivity index is 1.78. The summed E-state index contributed by atoms with van der Waals surface area (Å²) in [5.41, 5.74) is 1.37. The van der Waals surface area contributed by atoms with Gasteiger partial charge in [0.05, 0.1) is 7.11 Å². The normalized spacial score (nSPS) is 19.3. The summed E-state index contributed by atoms with van der Waals surface area (Å²) in [4.78, 5) is 2.41. The molecule has 0 aromatic heterocycles. The number of ether oxygens (including phenoxy) is 1. The second kappa shape index (κ2) is 6.92. The second-order valence-corrected chi connectivity index (χ2v) is 5.70. The third-order valence-corrected chi connectivity index (χ3v) is 3.94. The van der Waals surface area contributed by atoms with Crippen molar-refractivity contribution in [3.63, 3.8) is 0 Å². The van der Waals surface area contributed by atoms with Gasteiger partial charge < -0.3 is 15.0 Å². The fourth-order valence-electron chi connectivity index (χ4n) is 2.75. The van der Waals surface area contributed by atoms with Crippen LogP contribution in [0.5, 0.6) is 5.75 Å². The predicted molar refractivity (Wildman–Crippen MR) is 79.8 cm³/mol. The number of benzene rings is 1. The van der Waals surface area contributed by atoms with E-state index < -0.39 is 0 Å². The Morgan fingerprint density at radius 2 is 1.89 bits per heavy atom. The Morgan fingerprint density at radius 3 is 2.47 bits per heavy atom. The molecule has 19 heavy (non-hydrogen) atoms. The van der Waals surface area contributed by atoms with Gasteiger partial charge in [-0.05, 0) is 64.0 Å². The molecule has 1 saturated heterocycles. The van der Waals surface area contributed by atoms with Gasteiger partial charge >= 0.3 is 0 Å². The van der Waals surface area contributed by atoms with Gasteiger partial charge in [-0.3, -0.25) is 0 Å². The molecule has 0 saturated carbocycles. The number of nitrogens with one attached hydrogen (secondary N) is 1. The number of hydrogen-bond acceptors (Lipinski definition) is 3. The molecule has 0 radical (unpaired) electrons. The van der Waals surface area contributed by atoms with Crippen LogP contribution in [-0.2, 0) is 6.42 Å². The minimum Gasteiger partial charge on any atom is -0.497 e. The molecule has 0 aliphatic carbocycles.